The van der Waals surface area contributed by atoms with Gasteiger partial charge in [-0.1, -0.05) is 26.2 Å². The SMILES string of the molecule is CCNC(C)CC(=O)NCC1(CC(=O)O)CCCCC1. The molecule has 0 aliphatic heterocycles. The van der Waals surface area contributed by atoms with E-state index in [1.165, 1.54) is 6.42 Å². The van der Waals surface area contributed by atoms with E-state index in [0.717, 1.165) is 32.2 Å². The Morgan fingerprint density at radius 2 is 1.90 bits per heavy atom. The summed E-state index contributed by atoms with van der Waals surface area (Å²) >= 11 is 0. The maximum atomic E-state index is 11.9. The van der Waals surface area contributed by atoms with Crippen LogP contribution in [0.4, 0.5) is 0 Å². The Kier molecular flexibility index (Phi) is 6.99. The Morgan fingerprint density at radius 3 is 2.45 bits per heavy atom. The van der Waals surface area contributed by atoms with Crippen LogP contribution in [-0.4, -0.2) is 36.1 Å². The van der Waals surface area contributed by atoms with Crippen molar-refractivity contribution in [3.05, 3.63) is 0 Å². The smallest absolute Gasteiger partial charge is 0.303 e. The number of carbonyl (C=O) groups is 2. The average molecular weight is 284 g/mol. The second kappa shape index (κ2) is 8.25. The third-order valence-electron chi connectivity index (χ3n) is 4.15. The second-order valence-electron chi connectivity index (χ2n) is 6.07. The summed E-state index contributed by atoms with van der Waals surface area (Å²) in [5.41, 5.74) is -0.235. The summed E-state index contributed by atoms with van der Waals surface area (Å²) in [4.78, 5) is 23.0. The molecule has 1 amide bonds. The highest BCUT2D eigenvalue weighted by Gasteiger charge is 2.34. The van der Waals surface area contributed by atoms with Crippen LogP contribution in [0.2, 0.25) is 0 Å². The van der Waals surface area contributed by atoms with Gasteiger partial charge in [-0.05, 0) is 31.7 Å². The predicted octanol–water partition coefficient (Wildman–Crippen LogP) is 1.92. The van der Waals surface area contributed by atoms with E-state index in [1.54, 1.807) is 0 Å². The lowest BCUT2D eigenvalue weighted by Gasteiger charge is -2.36. The van der Waals surface area contributed by atoms with Crippen LogP contribution in [0.15, 0.2) is 0 Å². The topological polar surface area (TPSA) is 78.4 Å². The van der Waals surface area contributed by atoms with Gasteiger partial charge in [-0.3, -0.25) is 9.59 Å². The highest BCUT2D eigenvalue weighted by Crippen LogP contribution is 2.38. The predicted molar refractivity (Wildman–Crippen MR) is 78.5 cm³/mol. The molecule has 116 valence electrons. The molecule has 0 aromatic heterocycles. The fraction of sp³-hybridized carbons (Fsp3) is 0.867. The van der Waals surface area contributed by atoms with Crippen molar-refractivity contribution in [2.45, 2.75) is 64.8 Å². The van der Waals surface area contributed by atoms with Gasteiger partial charge < -0.3 is 15.7 Å². The minimum atomic E-state index is -0.762. The van der Waals surface area contributed by atoms with Crippen molar-refractivity contribution >= 4 is 11.9 Å². The van der Waals surface area contributed by atoms with Crippen molar-refractivity contribution in [1.29, 1.82) is 0 Å². The summed E-state index contributed by atoms with van der Waals surface area (Å²) in [6.45, 7) is 5.34. The molecule has 5 nitrogen and oxygen atoms in total. The zero-order valence-corrected chi connectivity index (χ0v) is 12.7. The molecule has 0 bridgehead atoms. The molecule has 0 heterocycles. The molecule has 0 aromatic carbocycles. The van der Waals surface area contributed by atoms with Crippen LogP contribution in [0.25, 0.3) is 0 Å². The van der Waals surface area contributed by atoms with Gasteiger partial charge in [-0.2, -0.15) is 0 Å². The summed E-state index contributed by atoms with van der Waals surface area (Å²) in [5, 5.41) is 15.2. The van der Waals surface area contributed by atoms with Crippen molar-refractivity contribution in [3.8, 4) is 0 Å². The van der Waals surface area contributed by atoms with Crippen LogP contribution in [0.5, 0.6) is 0 Å². The number of amides is 1. The van der Waals surface area contributed by atoms with Gasteiger partial charge in [0, 0.05) is 19.0 Å². The van der Waals surface area contributed by atoms with Crippen molar-refractivity contribution < 1.29 is 14.7 Å². The quantitative estimate of drug-likeness (QED) is 0.636. The maximum absolute atomic E-state index is 11.9. The van der Waals surface area contributed by atoms with E-state index in [2.05, 4.69) is 10.6 Å². The monoisotopic (exact) mass is 284 g/mol. The number of hydrogen-bond acceptors (Lipinski definition) is 3. The minimum absolute atomic E-state index is 0.00814. The van der Waals surface area contributed by atoms with E-state index < -0.39 is 5.97 Å². The number of rotatable bonds is 8. The zero-order valence-electron chi connectivity index (χ0n) is 12.7. The molecule has 1 rings (SSSR count). The highest BCUT2D eigenvalue weighted by atomic mass is 16.4. The number of aliphatic carboxylic acids is 1. The van der Waals surface area contributed by atoms with Crippen molar-refractivity contribution in [2.24, 2.45) is 5.41 Å². The molecule has 0 radical (unpaired) electrons. The molecular formula is C15H28N2O3. The molecule has 0 spiro atoms. The van der Waals surface area contributed by atoms with E-state index in [9.17, 15) is 9.59 Å². The summed E-state index contributed by atoms with van der Waals surface area (Å²) in [5.74, 6) is -0.754. The molecule has 20 heavy (non-hydrogen) atoms. The summed E-state index contributed by atoms with van der Waals surface area (Å²) < 4.78 is 0. The first-order valence-electron chi connectivity index (χ1n) is 7.69. The molecular weight excluding hydrogens is 256 g/mol. The molecule has 0 saturated heterocycles. The average Bonchev–Trinajstić information content (AvgIpc) is 2.37. The Morgan fingerprint density at radius 1 is 1.25 bits per heavy atom. The summed E-state index contributed by atoms with van der Waals surface area (Å²) in [7, 11) is 0. The van der Waals surface area contributed by atoms with Gasteiger partial charge in [0.05, 0.1) is 6.42 Å². The first-order valence-corrected chi connectivity index (χ1v) is 7.69. The van der Waals surface area contributed by atoms with E-state index in [1.807, 2.05) is 13.8 Å². The van der Waals surface area contributed by atoms with Gasteiger partial charge in [0.15, 0.2) is 0 Å². The Balaban J connectivity index is 2.45. The lowest BCUT2D eigenvalue weighted by Crippen LogP contribution is -2.42. The van der Waals surface area contributed by atoms with Crippen LogP contribution in [0, 0.1) is 5.41 Å². The third kappa shape index (κ3) is 5.90. The molecule has 3 N–H and O–H groups in total. The fourth-order valence-electron chi connectivity index (χ4n) is 3.10. The van der Waals surface area contributed by atoms with Crippen LogP contribution in [0.3, 0.4) is 0 Å². The van der Waals surface area contributed by atoms with Crippen molar-refractivity contribution in [3.63, 3.8) is 0 Å². The van der Waals surface area contributed by atoms with E-state index in [0.29, 0.717) is 13.0 Å². The molecule has 0 aromatic rings. The van der Waals surface area contributed by atoms with Crippen LogP contribution in [0.1, 0.15) is 58.8 Å². The number of carbonyl (C=O) groups excluding carboxylic acids is 1. The molecule has 1 fully saturated rings. The summed E-state index contributed by atoms with van der Waals surface area (Å²) in [6.07, 6.45) is 5.72. The highest BCUT2D eigenvalue weighted by molar-refractivity contribution is 5.76. The maximum Gasteiger partial charge on any atom is 0.303 e. The number of carboxylic acid groups (broad SMARTS) is 1. The second-order valence-corrected chi connectivity index (χ2v) is 6.07. The third-order valence-corrected chi connectivity index (χ3v) is 4.15. The number of carboxylic acids is 1. The lowest BCUT2D eigenvalue weighted by molar-refractivity contribution is -0.140. The Hall–Kier alpha value is -1.10. The van der Waals surface area contributed by atoms with Crippen molar-refractivity contribution in [1.82, 2.24) is 10.6 Å². The standard InChI is InChI=1S/C15H28N2O3/c1-3-16-12(2)9-13(18)17-11-15(10-14(19)20)7-5-4-6-8-15/h12,16H,3-11H2,1-2H3,(H,17,18)(H,19,20). The molecule has 1 aliphatic rings. The van der Waals surface area contributed by atoms with Gasteiger partial charge in [-0.15, -0.1) is 0 Å². The van der Waals surface area contributed by atoms with Gasteiger partial charge in [0.25, 0.3) is 0 Å². The van der Waals surface area contributed by atoms with E-state index in [4.69, 9.17) is 5.11 Å². The normalized spacial score (nSPS) is 19.3. The Labute approximate surface area is 121 Å². The van der Waals surface area contributed by atoms with E-state index >= 15 is 0 Å². The number of nitrogens with one attached hydrogen (secondary N) is 2. The molecule has 1 saturated carbocycles. The zero-order chi connectivity index (χ0) is 15.0. The van der Waals surface area contributed by atoms with E-state index in [-0.39, 0.29) is 23.8 Å². The van der Waals surface area contributed by atoms with Gasteiger partial charge in [0.1, 0.15) is 0 Å². The van der Waals surface area contributed by atoms with Gasteiger partial charge in [-0.25, -0.2) is 0 Å². The first kappa shape index (κ1) is 17.0. The minimum Gasteiger partial charge on any atom is -0.481 e. The molecule has 1 unspecified atom stereocenters. The van der Waals surface area contributed by atoms with Crippen LogP contribution in [-0.2, 0) is 9.59 Å². The van der Waals surface area contributed by atoms with Gasteiger partial charge >= 0.3 is 5.97 Å². The fourth-order valence-corrected chi connectivity index (χ4v) is 3.10. The van der Waals surface area contributed by atoms with Gasteiger partial charge in [0.2, 0.25) is 5.91 Å². The number of hydrogen-bond donors (Lipinski definition) is 3. The van der Waals surface area contributed by atoms with Crippen LogP contribution < -0.4 is 10.6 Å². The largest absolute Gasteiger partial charge is 0.481 e. The van der Waals surface area contributed by atoms with Crippen molar-refractivity contribution in [2.75, 3.05) is 13.1 Å². The summed E-state index contributed by atoms with van der Waals surface area (Å²) in [6, 6.07) is 0.154. The Bertz CT molecular complexity index is 325. The first-order chi connectivity index (χ1) is 9.47. The molecule has 1 atom stereocenters. The molecule has 5 heteroatoms. The lowest BCUT2D eigenvalue weighted by atomic mass is 9.71. The van der Waals surface area contributed by atoms with Crippen LogP contribution >= 0.6 is 0 Å². The molecule has 1 aliphatic carbocycles.